The monoisotopic (exact) mass is 462 g/mol. The summed E-state index contributed by atoms with van der Waals surface area (Å²) in [6.07, 6.45) is 4.30. The summed E-state index contributed by atoms with van der Waals surface area (Å²) in [6, 6.07) is 20.8. The van der Waals surface area contributed by atoms with Crippen LogP contribution in [0.4, 0.5) is 0 Å². The van der Waals surface area contributed by atoms with Crippen LogP contribution >= 0.6 is 11.6 Å². The van der Waals surface area contributed by atoms with Gasteiger partial charge in [-0.15, -0.1) is 0 Å². The predicted molar refractivity (Wildman–Crippen MR) is 129 cm³/mol. The Labute approximate surface area is 199 Å². The van der Waals surface area contributed by atoms with Crippen LogP contribution in [0.5, 0.6) is 0 Å². The molecule has 1 amide bonds. The van der Waals surface area contributed by atoms with Crippen molar-refractivity contribution in [2.45, 2.75) is 44.6 Å². The maximum Gasteiger partial charge on any atom is 0.337 e. The standard InChI is InChI=1S/C27H27ClN2O3/c28-21-13-11-20(12-14-21)18-26(31)30-17-5-10-25(30)24-16-15-22(27(32)33)23(29-24)9-4-8-19-6-2-1-3-7-19/h1-3,6-7,11-16,25H,4-5,8-10,17-18H2,(H,32,33). The minimum Gasteiger partial charge on any atom is -0.478 e. The molecule has 5 nitrogen and oxygen atoms in total. The number of aromatic nitrogens is 1. The molecule has 2 heterocycles. The van der Waals surface area contributed by atoms with Gasteiger partial charge >= 0.3 is 5.97 Å². The minimum absolute atomic E-state index is 0.0505. The summed E-state index contributed by atoms with van der Waals surface area (Å²) in [5, 5.41) is 10.3. The lowest BCUT2D eigenvalue weighted by Gasteiger charge is -2.25. The lowest BCUT2D eigenvalue weighted by molar-refractivity contribution is -0.131. The third kappa shape index (κ3) is 5.79. The number of nitrogens with zero attached hydrogens (tertiary/aromatic N) is 2. The molecule has 0 spiro atoms. The van der Waals surface area contributed by atoms with Crippen molar-refractivity contribution in [2.75, 3.05) is 6.54 Å². The van der Waals surface area contributed by atoms with E-state index in [9.17, 15) is 14.7 Å². The second kappa shape index (κ2) is 10.6. The topological polar surface area (TPSA) is 70.5 Å². The molecule has 1 atom stereocenters. The molecule has 0 saturated carbocycles. The van der Waals surface area contributed by atoms with Gasteiger partial charge in [-0.1, -0.05) is 54.1 Å². The van der Waals surface area contributed by atoms with E-state index >= 15 is 0 Å². The van der Waals surface area contributed by atoms with Crippen LogP contribution in [-0.2, 0) is 24.1 Å². The maximum absolute atomic E-state index is 13.0. The summed E-state index contributed by atoms with van der Waals surface area (Å²) in [6.45, 7) is 0.683. The second-order valence-electron chi connectivity index (χ2n) is 8.42. The molecule has 1 N–H and O–H groups in total. The summed E-state index contributed by atoms with van der Waals surface area (Å²) in [5.74, 6) is -0.916. The summed E-state index contributed by atoms with van der Waals surface area (Å²) >= 11 is 5.95. The Morgan fingerprint density at radius 2 is 1.73 bits per heavy atom. The fourth-order valence-corrected chi connectivity index (χ4v) is 4.57. The molecule has 1 fully saturated rings. The number of likely N-dealkylation sites (tertiary alicyclic amines) is 1. The number of halogens is 1. The number of carboxylic acid groups (broad SMARTS) is 1. The van der Waals surface area contributed by atoms with E-state index in [1.54, 1.807) is 24.3 Å². The van der Waals surface area contributed by atoms with Gasteiger partial charge < -0.3 is 10.0 Å². The van der Waals surface area contributed by atoms with Gasteiger partial charge in [0.1, 0.15) is 0 Å². The number of carbonyl (C=O) groups excluding carboxylic acids is 1. The molecule has 1 saturated heterocycles. The highest BCUT2D eigenvalue weighted by Crippen LogP contribution is 2.32. The van der Waals surface area contributed by atoms with Crippen molar-refractivity contribution >= 4 is 23.5 Å². The van der Waals surface area contributed by atoms with Gasteiger partial charge in [0.2, 0.25) is 5.91 Å². The van der Waals surface area contributed by atoms with Gasteiger partial charge in [-0.05, 0) is 67.5 Å². The SMILES string of the molecule is O=C(O)c1ccc(C2CCCN2C(=O)Cc2ccc(Cl)cc2)nc1CCCc1ccccc1. The number of pyridine rings is 1. The number of benzene rings is 2. The van der Waals surface area contributed by atoms with Crippen LogP contribution in [0.2, 0.25) is 5.02 Å². The maximum atomic E-state index is 13.0. The van der Waals surface area contributed by atoms with Gasteiger partial charge in [0.05, 0.1) is 29.4 Å². The van der Waals surface area contributed by atoms with Gasteiger partial charge in [-0.2, -0.15) is 0 Å². The van der Waals surface area contributed by atoms with E-state index in [0.29, 0.717) is 30.1 Å². The predicted octanol–water partition coefficient (Wildman–Crippen LogP) is 5.51. The number of carbonyl (C=O) groups is 2. The first-order valence-electron chi connectivity index (χ1n) is 11.3. The molecule has 4 rings (SSSR count). The molecule has 6 heteroatoms. The lowest BCUT2D eigenvalue weighted by Crippen LogP contribution is -2.32. The van der Waals surface area contributed by atoms with Gasteiger partial charge in [0.15, 0.2) is 0 Å². The number of carboxylic acids is 1. The van der Waals surface area contributed by atoms with Crippen LogP contribution in [0.15, 0.2) is 66.7 Å². The zero-order chi connectivity index (χ0) is 23.2. The van der Waals surface area contributed by atoms with E-state index in [1.807, 2.05) is 35.2 Å². The molecule has 1 aromatic heterocycles. The number of aryl methyl sites for hydroxylation is 2. The van der Waals surface area contributed by atoms with Crippen molar-refractivity contribution in [3.63, 3.8) is 0 Å². The summed E-state index contributed by atoms with van der Waals surface area (Å²) in [7, 11) is 0. The second-order valence-corrected chi connectivity index (χ2v) is 8.86. The van der Waals surface area contributed by atoms with E-state index in [4.69, 9.17) is 16.6 Å². The summed E-state index contributed by atoms with van der Waals surface area (Å²) in [5.41, 5.74) is 3.75. The van der Waals surface area contributed by atoms with Gasteiger partial charge in [-0.3, -0.25) is 9.78 Å². The molecule has 3 aromatic rings. The zero-order valence-corrected chi connectivity index (χ0v) is 19.2. The van der Waals surface area contributed by atoms with Gasteiger partial charge in [0.25, 0.3) is 0 Å². The first-order valence-corrected chi connectivity index (χ1v) is 11.7. The van der Waals surface area contributed by atoms with Crippen LogP contribution in [0.1, 0.15) is 58.2 Å². The van der Waals surface area contributed by atoms with E-state index in [1.165, 1.54) is 5.56 Å². The van der Waals surface area contributed by atoms with E-state index in [2.05, 4.69) is 12.1 Å². The minimum atomic E-state index is -0.967. The van der Waals surface area contributed by atoms with Gasteiger partial charge in [-0.25, -0.2) is 4.79 Å². The van der Waals surface area contributed by atoms with Crippen LogP contribution in [0, 0.1) is 0 Å². The molecule has 170 valence electrons. The number of aromatic carboxylic acids is 1. The van der Waals surface area contributed by atoms with Crippen LogP contribution in [0.25, 0.3) is 0 Å². The number of amides is 1. The van der Waals surface area contributed by atoms with E-state index in [-0.39, 0.29) is 17.5 Å². The largest absolute Gasteiger partial charge is 0.478 e. The van der Waals surface area contributed by atoms with Crippen LogP contribution in [-0.4, -0.2) is 33.4 Å². The van der Waals surface area contributed by atoms with Crippen molar-refractivity contribution in [3.8, 4) is 0 Å². The first-order chi connectivity index (χ1) is 16.0. The quantitative estimate of drug-likeness (QED) is 0.478. The highest BCUT2D eigenvalue weighted by atomic mass is 35.5. The fourth-order valence-electron chi connectivity index (χ4n) is 4.44. The average Bonchev–Trinajstić information content (AvgIpc) is 3.31. The number of rotatable bonds is 8. The molecule has 2 aromatic carbocycles. The van der Waals surface area contributed by atoms with Crippen molar-refractivity contribution in [1.29, 1.82) is 0 Å². The van der Waals surface area contributed by atoms with Crippen LogP contribution < -0.4 is 0 Å². The average molecular weight is 463 g/mol. The Hall–Kier alpha value is -3.18. The van der Waals surface area contributed by atoms with Crippen molar-refractivity contribution < 1.29 is 14.7 Å². The molecule has 0 radical (unpaired) electrons. The summed E-state index contributed by atoms with van der Waals surface area (Å²) in [4.78, 5) is 31.5. The third-order valence-electron chi connectivity index (χ3n) is 6.13. The smallest absolute Gasteiger partial charge is 0.337 e. The van der Waals surface area contributed by atoms with E-state index in [0.717, 1.165) is 36.9 Å². The van der Waals surface area contributed by atoms with Crippen molar-refractivity contribution in [3.05, 3.63) is 99.8 Å². The fraction of sp³-hybridized carbons (Fsp3) is 0.296. The number of hydrogen-bond donors (Lipinski definition) is 1. The molecule has 33 heavy (non-hydrogen) atoms. The van der Waals surface area contributed by atoms with E-state index < -0.39 is 5.97 Å². The van der Waals surface area contributed by atoms with Gasteiger partial charge in [0, 0.05) is 11.6 Å². The van der Waals surface area contributed by atoms with Crippen molar-refractivity contribution in [2.24, 2.45) is 0 Å². The Balaban J connectivity index is 1.49. The molecule has 0 aliphatic carbocycles. The van der Waals surface area contributed by atoms with Crippen LogP contribution in [0.3, 0.4) is 0 Å². The Morgan fingerprint density at radius 1 is 0.970 bits per heavy atom. The molecule has 1 aliphatic heterocycles. The first kappa shape index (κ1) is 23.0. The lowest BCUT2D eigenvalue weighted by atomic mass is 10.0. The molecule has 1 unspecified atom stereocenters. The normalized spacial score (nSPS) is 15.5. The van der Waals surface area contributed by atoms with Crippen molar-refractivity contribution in [1.82, 2.24) is 9.88 Å². The number of hydrogen-bond acceptors (Lipinski definition) is 3. The Kier molecular flexibility index (Phi) is 7.40. The Morgan fingerprint density at radius 3 is 2.45 bits per heavy atom. The molecular formula is C27H27ClN2O3. The summed E-state index contributed by atoms with van der Waals surface area (Å²) < 4.78 is 0. The molecule has 0 bridgehead atoms. The highest BCUT2D eigenvalue weighted by Gasteiger charge is 2.31. The zero-order valence-electron chi connectivity index (χ0n) is 18.4. The Bertz CT molecular complexity index is 1120. The molecule has 1 aliphatic rings. The highest BCUT2D eigenvalue weighted by molar-refractivity contribution is 6.30. The molecular weight excluding hydrogens is 436 g/mol. The third-order valence-corrected chi connectivity index (χ3v) is 6.38.